The summed E-state index contributed by atoms with van der Waals surface area (Å²) in [5.41, 5.74) is 1.34. The number of nitrogens with zero attached hydrogens (tertiary/aromatic N) is 1. The minimum Gasteiger partial charge on any atom is -0.493 e. The van der Waals surface area contributed by atoms with E-state index in [0.717, 1.165) is 11.1 Å². The molecular formula is C12H12N2O3. The van der Waals surface area contributed by atoms with Crippen molar-refractivity contribution in [2.45, 2.75) is 0 Å². The molecule has 1 N–H and O–H groups in total. The number of aromatic nitrogens is 2. The molecule has 0 saturated carbocycles. The van der Waals surface area contributed by atoms with E-state index in [4.69, 9.17) is 9.47 Å². The molecule has 88 valence electrons. The second-order valence-electron chi connectivity index (χ2n) is 3.38. The number of aromatic amines is 1. The predicted molar refractivity (Wildman–Crippen MR) is 63.4 cm³/mol. The SMILES string of the molecule is COc1ccc(-c2cnc(=O)[nH]c2)cc1OC. The molecule has 0 atom stereocenters. The lowest BCUT2D eigenvalue weighted by atomic mass is 10.1. The molecule has 1 heterocycles. The van der Waals surface area contributed by atoms with Crippen LogP contribution in [0.2, 0.25) is 0 Å². The second-order valence-corrected chi connectivity index (χ2v) is 3.38. The Kier molecular flexibility index (Phi) is 3.09. The topological polar surface area (TPSA) is 64.2 Å². The largest absolute Gasteiger partial charge is 0.493 e. The fraction of sp³-hybridized carbons (Fsp3) is 0.167. The van der Waals surface area contributed by atoms with Gasteiger partial charge in [0.25, 0.3) is 0 Å². The molecule has 0 bridgehead atoms. The van der Waals surface area contributed by atoms with Crippen molar-refractivity contribution >= 4 is 0 Å². The third-order valence-corrected chi connectivity index (χ3v) is 2.39. The van der Waals surface area contributed by atoms with Crippen molar-refractivity contribution in [3.63, 3.8) is 0 Å². The van der Waals surface area contributed by atoms with Crippen LogP contribution in [0.4, 0.5) is 0 Å². The first-order valence-corrected chi connectivity index (χ1v) is 5.01. The quantitative estimate of drug-likeness (QED) is 0.870. The molecule has 0 aliphatic heterocycles. The number of rotatable bonds is 3. The van der Waals surface area contributed by atoms with Crippen LogP contribution in [-0.2, 0) is 0 Å². The molecule has 0 saturated heterocycles. The van der Waals surface area contributed by atoms with E-state index in [-0.39, 0.29) is 5.69 Å². The number of H-pyrrole nitrogens is 1. The van der Waals surface area contributed by atoms with Crippen molar-refractivity contribution < 1.29 is 9.47 Å². The van der Waals surface area contributed by atoms with Gasteiger partial charge in [0.15, 0.2) is 11.5 Å². The maximum absolute atomic E-state index is 10.9. The van der Waals surface area contributed by atoms with E-state index in [1.807, 2.05) is 12.1 Å². The van der Waals surface area contributed by atoms with Crippen molar-refractivity contribution in [3.05, 3.63) is 41.1 Å². The van der Waals surface area contributed by atoms with Crippen LogP contribution in [0.1, 0.15) is 0 Å². The number of nitrogens with one attached hydrogen (secondary N) is 1. The average molecular weight is 232 g/mol. The minimum absolute atomic E-state index is 0.366. The summed E-state index contributed by atoms with van der Waals surface area (Å²) in [6.07, 6.45) is 3.12. The number of ether oxygens (including phenoxy) is 2. The van der Waals surface area contributed by atoms with Gasteiger partial charge in [0.1, 0.15) is 0 Å². The van der Waals surface area contributed by atoms with Crippen LogP contribution in [-0.4, -0.2) is 24.2 Å². The van der Waals surface area contributed by atoms with Gasteiger partial charge >= 0.3 is 5.69 Å². The fourth-order valence-corrected chi connectivity index (χ4v) is 1.52. The number of hydrogen-bond acceptors (Lipinski definition) is 4. The van der Waals surface area contributed by atoms with Gasteiger partial charge in [-0.05, 0) is 17.7 Å². The summed E-state index contributed by atoms with van der Waals surface area (Å²) < 4.78 is 10.4. The molecule has 0 spiro atoms. The van der Waals surface area contributed by atoms with Gasteiger partial charge in [-0.3, -0.25) is 0 Å². The summed E-state index contributed by atoms with van der Waals surface area (Å²) in [6, 6.07) is 5.50. The van der Waals surface area contributed by atoms with Crippen LogP contribution < -0.4 is 15.2 Å². The highest BCUT2D eigenvalue weighted by molar-refractivity contribution is 5.65. The summed E-state index contributed by atoms with van der Waals surface area (Å²) in [5, 5.41) is 0. The average Bonchev–Trinajstić information content (AvgIpc) is 2.39. The molecule has 1 aromatic heterocycles. The zero-order chi connectivity index (χ0) is 12.3. The molecule has 2 rings (SSSR count). The van der Waals surface area contributed by atoms with Crippen molar-refractivity contribution in [2.24, 2.45) is 0 Å². The molecule has 0 radical (unpaired) electrons. The van der Waals surface area contributed by atoms with Crippen LogP contribution in [0.15, 0.2) is 35.4 Å². The molecular weight excluding hydrogens is 220 g/mol. The highest BCUT2D eigenvalue weighted by Crippen LogP contribution is 2.31. The summed E-state index contributed by atoms with van der Waals surface area (Å²) in [7, 11) is 3.16. The third-order valence-electron chi connectivity index (χ3n) is 2.39. The normalized spacial score (nSPS) is 10.0. The Morgan fingerprint density at radius 1 is 1.12 bits per heavy atom. The van der Waals surface area contributed by atoms with Gasteiger partial charge in [0.05, 0.1) is 14.2 Å². The van der Waals surface area contributed by atoms with Crippen molar-refractivity contribution in [2.75, 3.05) is 14.2 Å². The van der Waals surface area contributed by atoms with Gasteiger partial charge in [-0.15, -0.1) is 0 Å². The zero-order valence-corrected chi connectivity index (χ0v) is 9.56. The summed E-state index contributed by atoms with van der Waals surface area (Å²) in [4.78, 5) is 17.1. The van der Waals surface area contributed by atoms with Crippen LogP contribution in [0, 0.1) is 0 Å². The van der Waals surface area contributed by atoms with E-state index >= 15 is 0 Å². The molecule has 2 aromatic rings. The number of benzene rings is 1. The van der Waals surface area contributed by atoms with Gasteiger partial charge in [-0.2, -0.15) is 0 Å². The van der Waals surface area contributed by atoms with Crippen LogP contribution in [0.5, 0.6) is 11.5 Å². The van der Waals surface area contributed by atoms with Crippen LogP contribution in [0.25, 0.3) is 11.1 Å². The van der Waals surface area contributed by atoms with Crippen LogP contribution >= 0.6 is 0 Å². The number of hydrogen-bond donors (Lipinski definition) is 1. The molecule has 1 aromatic carbocycles. The van der Waals surface area contributed by atoms with Crippen molar-refractivity contribution in [1.29, 1.82) is 0 Å². The van der Waals surface area contributed by atoms with Crippen molar-refractivity contribution in [1.82, 2.24) is 9.97 Å². The molecule has 17 heavy (non-hydrogen) atoms. The number of methoxy groups -OCH3 is 2. The molecule has 0 fully saturated rings. The molecule has 0 aliphatic rings. The third kappa shape index (κ3) is 2.28. The van der Waals surface area contributed by atoms with E-state index < -0.39 is 0 Å². The Bertz CT molecular complexity index is 558. The Morgan fingerprint density at radius 2 is 1.88 bits per heavy atom. The van der Waals surface area contributed by atoms with Gasteiger partial charge < -0.3 is 14.5 Å². The summed E-state index contributed by atoms with van der Waals surface area (Å²) in [6.45, 7) is 0. The highest BCUT2D eigenvalue weighted by atomic mass is 16.5. The summed E-state index contributed by atoms with van der Waals surface area (Å²) >= 11 is 0. The monoisotopic (exact) mass is 232 g/mol. The molecule has 5 heteroatoms. The lowest BCUT2D eigenvalue weighted by Gasteiger charge is -2.09. The van der Waals surface area contributed by atoms with Gasteiger partial charge in [-0.25, -0.2) is 9.78 Å². The maximum Gasteiger partial charge on any atom is 0.344 e. The first-order valence-electron chi connectivity index (χ1n) is 5.01. The lowest BCUT2D eigenvalue weighted by molar-refractivity contribution is 0.355. The molecule has 0 amide bonds. The Morgan fingerprint density at radius 3 is 2.47 bits per heavy atom. The summed E-state index contributed by atoms with van der Waals surface area (Å²) in [5.74, 6) is 1.30. The van der Waals surface area contributed by atoms with E-state index in [0.29, 0.717) is 11.5 Å². The van der Waals surface area contributed by atoms with Crippen molar-refractivity contribution in [3.8, 4) is 22.6 Å². The van der Waals surface area contributed by atoms with E-state index in [2.05, 4.69) is 9.97 Å². The van der Waals surface area contributed by atoms with E-state index in [1.165, 1.54) is 6.20 Å². The Balaban J connectivity index is 2.46. The zero-order valence-electron chi connectivity index (χ0n) is 9.56. The lowest BCUT2D eigenvalue weighted by Crippen LogP contribution is -2.07. The minimum atomic E-state index is -0.366. The Labute approximate surface area is 98.0 Å². The molecule has 5 nitrogen and oxygen atoms in total. The molecule has 0 aliphatic carbocycles. The maximum atomic E-state index is 10.9. The second kappa shape index (κ2) is 4.69. The molecule has 0 unspecified atom stereocenters. The first-order chi connectivity index (χ1) is 8.24. The highest BCUT2D eigenvalue weighted by Gasteiger charge is 2.06. The van der Waals surface area contributed by atoms with E-state index in [9.17, 15) is 4.79 Å². The van der Waals surface area contributed by atoms with Gasteiger partial charge in [0, 0.05) is 18.0 Å². The van der Waals surface area contributed by atoms with Gasteiger partial charge in [0.2, 0.25) is 0 Å². The Hall–Kier alpha value is -2.30. The smallest absolute Gasteiger partial charge is 0.344 e. The van der Waals surface area contributed by atoms with E-state index in [1.54, 1.807) is 26.5 Å². The van der Waals surface area contributed by atoms with Gasteiger partial charge in [-0.1, -0.05) is 6.07 Å². The first kappa shape index (κ1) is 11.2. The predicted octanol–water partition coefficient (Wildman–Crippen LogP) is 1.45. The fourth-order valence-electron chi connectivity index (χ4n) is 1.52. The van der Waals surface area contributed by atoms with Crippen LogP contribution in [0.3, 0.4) is 0 Å². The standard InChI is InChI=1S/C12H12N2O3/c1-16-10-4-3-8(5-11(10)17-2)9-6-13-12(15)14-7-9/h3-7H,1-2H3,(H,13,14,15).